The first-order chi connectivity index (χ1) is 23.8. The fourth-order valence-corrected chi connectivity index (χ4v) is 6.04. The Morgan fingerprint density at radius 1 is 0.694 bits per heavy atom. The normalized spacial score (nSPS) is 12.3. The fraction of sp³-hybridized carbons (Fsp3) is 0.750. The molecule has 0 radical (unpaired) electrons. The Balaban J connectivity index is 2.90. The van der Waals surface area contributed by atoms with E-state index >= 15 is 0 Å². The predicted molar refractivity (Wildman–Crippen MR) is 196 cm³/mol. The molecule has 9 nitrogen and oxygen atoms in total. The number of benzene rings is 1. The quantitative estimate of drug-likeness (QED) is 0.0581. The number of nitrogens with two attached hydrogens (primary N) is 1. The summed E-state index contributed by atoms with van der Waals surface area (Å²) in [6.45, 7) is 4.69. The molecular formula is C40H68N2O7. The Kier molecular flexibility index (Phi) is 26.9. The standard InChI is InChI=1S/C40H68N2O7/c1-3-5-7-9-11-13-15-17-22-28-35(49-38(44)30-23-18-16-14-12-10-8-6-4-2)32-37(43)42(36(39(45)46)29-24-25-31-41)40(47)48-33-34-26-20-19-21-27-34/h19-21,26-27,35-36H,3-18,22-25,28-33,41H2,1-2H3,(H,45,46)/t35-,36+/m1/s1. The Hall–Kier alpha value is -2.94. The van der Waals surface area contributed by atoms with E-state index in [-0.39, 0.29) is 31.8 Å². The lowest BCUT2D eigenvalue weighted by molar-refractivity contribution is -0.155. The molecule has 3 N–H and O–H groups in total. The Labute approximate surface area is 297 Å². The molecule has 0 saturated carbocycles. The van der Waals surface area contributed by atoms with Gasteiger partial charge in [0.2, 0.25) is 5.91 Å². The van der Waals surface area contributed by atoms with E-state index in [4.69, 9.17) is 15.2 Å². The zero-order valence-corrected chi connectivity index (χ0v) is 30.8. The van der Waals surface area contributed by atoms with Gasteiger partial charge in [0.25, 0.3) is 0 Å². The molecule has 1 rings (SSSR count). The monoisotopic (exact) mass is 689 g/mol. The Bertz CT molecular complexity index is 1000. The van der Waals surface area contributed by atoms with Gasteiger partial charge in [-0.15, -0.1) is 0 Å². The number of carboxylic acids is 1. The zero-order chi connectivity index (χ0) is 36.0. The number of nitrogens with zero attached hydrogens (tertiary/aromatic N) is 1. The maximum Gasteiger partial charge on any atom is 0.417 e. The number of aliphatic carboxylic acids is 1. The van der Waals surface area contributed by atoms with E-state index in [0.717, 1.165) is 49.8 Å². The van der Waals surface area contributed by atoms with Crippen LogP contribution >= 0.6 is 0 Å². The van der Waals surface area contributed by atoms with Crippen LogP contribution in [0.25, 0.3) is 0 Å². The van der Waals surface area contributed by atoms with Gasteiger partial charge in [-0.25, -0.2) is 14.5 Å². The molecule has 0 spiro atoms. The van der Waals surface area contributed by atoms with Crippen molar-refractivity contribution in [3.8, 4) is 0 Å². The number of rotatable bonds is 31. The van der Waals surface area contributed by atoms with Gasteiger partial charge < -0.3 is 20.3 Å². The van der Waals surface area contributed by atoms with Crippen molar-refractivity contribution in [3.63, 3.8) is 0 Å². The van der Waals surface area contributed by atoms with Crippen molar-refractivity contribution in [1.29, 1.82) is 0 Å². The summed E-state index contributed by atoms with van der Waals surface area (Å²) in [4.78, 5) is 53.2. The summed E-state index contributed by atoms with van der Waals surface area (Å²) < 4.78 is 11.3. The van der Waals surface area contributed by atoms with Crippen LogP contribution in [0.3, 0.4) is 0 Å². The second kappa shape index (κ2) is 29.9. The summed E-state index contributed by atoms with van der Waals surface area (Å²) in [7, 11) is 0. The van der Waals surface area contributed by atoms with Gasteiger partial charge in [0, 0.05) is 6.42 Å². The van der Waals surface area contributed by atoms with Gasteiger partial charge in [-0.3, -0.25) is 9.59 Å². The minimum atomic E-state index is -1.41. The molecule has 0 aromatic heterocycles. The molecule has 49 heavy (non-hydrogen) atoms. The van der Waals surface area contributed by atoms with E-state index in [1.54, 1.807) is 24.3 Å². The van der Waals surface area contributed by atoms with E-state index in [0.29, 0.717) is 31.4 Å². The van der Waals surface area contributed by atoms with Crippen LogP contribution < -0.4 is 5.73 Å². The number of carboxylic acid groups (broad SMARTS) is 1. The highest BCUT2D eigenvalue weighted by molar-refractivity contribution is 5.96. The summed E-state index contributed by atoms with van der Waals surface area (Å²) in [5.74, 6) is -2.36. The third kappa shape index (κ3) is 22.4. The third-order valence-corrected chi connectivity index (χ3v) is 9.01. The molecule has 0 heterocycles. The number of hydrogen-bond donors (Lipinski definition) is 2. The van der Waals surface area contributed by atoms with Crippen molar-refractivity contribution in [3.05, 3.63) is 35.9 Å². The molecule has 1 aromatic carbocycles. The number of carbonyl (C=O) groups is 4. The number of carbonyl (C=O) groups excluding carboxylic acids is 3. The maximum absolute atomic E-state index is 13.8. The minimum absolute atomic E-state index is 0.0556. The molecule has 0 aliphatic carbocycles. The highest BCUT2D eigenvalue weighted by Crippen LogP contribution is 2.20. The largest absolute Gasteiger partial charge is 0.480 e. The van der Waals surface area contributed by atoms with Gasteiger partial charge >= 0.3 is 18.0 Å². The highest BCUT2D eigenvalue weighted by Gasteiger charge is 2.37. The third-order valence-electron chi connectivity index (χ3n) is 9.01. The van der Waals surface area contributed by atoms with E-state index in [2.05, 4.69) is 13.8 Å². The van der Waals surface area contributed by atoms with Gasteiger partial charge in [-0.2, -0.15) is 0 Å². The lowest BCUT2D eigenvalue weighted by atomic mass is 10.0. The molecule has 280 valence electrons. The number of amides is 2. The van der Waals surface area contributed by atoms with Crippen LogP contribution in [0.2, 0.25) is 0 Å². The minimum Gasteiger partial charge on any atom is -0.480 e. The number of hydrogen-bond acceptors (Lipinski definition) is 7. The van der Waals surface area contributed by atoms with Crippen LogP contribution in [0.4, 0.5) is 4.79 Å². The average Bonchev–Trinajstić information content (AvgIpc) is 3.09. The van der Waals surface area contributed by atoms with Crippen molar-refractivity contribution < 1.29 is 33.8 Å². The number of unbranched alkanes of at least 4 members (excludes halogenated alkanes) is 17. The number of ether oxygens (including phenoxy) is 2. The number of esters is 1. The molecule has 0 unspecified atom stereocenters. The Morgan fingerprint density at radius 2 is 1.20 bits per heavy atom. The molecule has 2 amide bonds. The molecule has 2 atom stereocenters. The second-order valence-electron chi connectivity index (χ2n) is 13.5. The van der Waals surface area contributed by atoms with Gasteiger partial charge in [0.05, 0.1) is 6.42 Å². The van der Waals surface area contributed by atoms with E-state index in [9.17, 15) is 24.3 Å². The topological polar surface area (TPSA) is 136 Å². The average molecular weight is 689 g/mol. The van der Waals surface area contributed by atoms with Gasteiger partial charge in [-0.1, -0.05) is 147 Å². The zero-order valence-electron chi connectivity index (χ0n) is 30.8. The van der Waals surface area contributed by atoms with Gasteiger partial charge in [-0.05, 0) is 50.6 Å². The van der Waals surface area contributed by atoms with Crippen molar-refractivity contribution >= 4 is 23.9 Å². The molecule has 0 fully saturated rings. The highest BCUT2D eigenvalue weighted by atomic mass is 16.6. The van der Waals surface area contributed by atoms with Crippen LogP contribution in [0.5, 0.6) is 0 Å². The summed E-state index contributed by atoms with van der Waals surface area (Å²) >= 11 is 0. The SMILES string of the molecule is CCCCCCCCCCCC(=O)O[C@H](CCCCCCCCCCC)CC(=O)N(C(=O)OCc1ccccc1)[C@@H](CCCCN)C(=O)O. The molecular weight excluding hydrogens is 620 g/mol. The molecule has 0 aliphatic rings. The van der Waals surface area contributed by atoms with Crippen molar-refractivity contribution in [2.24, 2.45) is 5.73 Å². The first kappa shape index (κ1) is 44.1. The van der Waals surface area contributed by atoms with E-state index in [1.807, 2.05) is 6.07 Å². The Morgan fingerprint density at radius 3 is 1.73 bits per heavy atom. The van der Waals surface area contributed by atoms with Crippen molar-refractivity contribution in [2.45, 2.75) is 187 Å². The first-order valence-corrected chi connectivity index (χ1v) is 19.5. The number of imide groups is 1. The molecule has 9 heteroatoms. The van der Waals surface area contributed by atoms with Crippen LogP contribution in [0.15, 0.2) is 30.3 Å². The maximum atomic E-state index is 13.8. The summed E-state index contributed by atoms with van der Waals surface area (Å²) in [6.07, 6.45) is 20.1. The van der Waals surface area contributed by atoms with Crippen LogP contribution in [-0.2, 0) is 30.5 Å². The summed E-state index contributed by atoms with van der Waals surface area (Å²) in [5.41, 5.74) is 6.34. The van der Waals surface area contributed by atoms with Crippen molar-refractivity contribution in [2.75, 3.05) is 6.54 Å². The molecule has 1 aromatic rings. The first-order valence-electron chi connectivity index (χ1n) is 19.5. The molecule has 0 aliphatic heterocycles. The second-order valence-corrected chi connectivity index (χ2v) is 13.5. The lowest BCUT2D eigenvalue weighted by Gasteiger charge is -2.28. The van der Waals surface area contributed by atoms with Crippen LogP contribution in [0, 0.1) is 0 Å². The summed E-state index contributed by atoms with van der Waals surface area (Å²) in [5, 5.41) is 10.1. The lowest BCUT2D eigenvalue weighted by Crippen LogP contribution is -2.50. The smallest absolute Gasteiger partial charge is 0.417 e. The predicted octanol–water partition coefficient (Wildman–Crippen LogP) is 9.88. The fourth-order valence-electron chi connectivity index (χ4n) is 6.04. The van der Waals surface area contributed by atoms with Gasteiger partial charge in [0.15, 0.2) is 0 Å². The van der Waals surface area contributed by atoms with E-state index < -0.39 is 30.1 Å². The van der Waals surface area contributed by atoms with Crippen LogP contribution in [0.1, 0.15) is 174 Å². The van der Waals surface area contributed by atoms with E-state index in [1.165, 1.54) is 70.6 Å². The summed E-state index contributed by atoms with van der Waals surface area (Å²) in [6, 6.07) is 7.60. The molecule has 0 bridgehead atoms. The van der Waals surface area contributed by atoms with Crippen molar-refractivity contribution in [1.82, 2.24) is 4.90 Å². The van der Waals surface area contributed by atoms with Gasteiger partial charge in [0.1, 0.15) is 18.8 Å². The molecule has 0 saturated heterocycles. The van der Waals surface area contributed by atoms with Crippen LogP contribution in [-0.4, -0.2) is 52.6 Å².